The van der Waals surface area contributed by atoms with Crippen molar-refractivity contribution in [3.63, 3.8) is 0 Å². The number of aromatic nitrogens is 1. The molecule has 92 valence electrons. The fraction of sp³-hybridized carbons (Fsp3) is 0.545. The molecule has 6 heteroatoms. The molecule has 2 heterocycles. The highest BCUT2D eigenvalue weighted by atomic mass is 16.5. The average molecular weight is 238 g/mol. The molecule has 0 bridgehead atoms. The van der Waals surface area contributed by atoms with Crippen LogP contribution in [0.3, 0.4) is 0 Å². The largest absolute Gasteiger partial charge is 0.467 e. The Labute approximate surface area is 98.6 Å². The lowest BCUT2D eigenvalue weighted by Crippen LogP contribution is -2.41. The van der Waals surface area contributed by atoms with Crippen LogP contribution in [-0.2, 0) is 9.53 Å². The van der Waals surface area contributed by atoms with E-state index in [-0.39, 0.29) is 17.8 Å². The second-order valence-electron chi connectivity index (χ2n) is 3.96. The maximum Gasteiger partial charge on any atom is 0.328 e. The number of oxazole rings is 1. The molecule has 0 spiro atoms. The lowest BCUT2D eigenvalue weighted by Gasteiger charge is -2.20. The topological polar surface area (TPSA) is 72.6 Å². The predicted octanol–water partition coefficient (Wildman–Crippen LogP) is 0.761. The number of aryl methyl sites for hydroxylation is 1. The number of carbonyl (C=O) groups excluding carboxylic acids is 2. The van der Waals surface area contributed by atoms with E-state index in [1.54, 1.807) is 6.92 Å². The summed E-state index contributed by atoms with van der Waals surface area (Å²) in [4.78, 5) is 28.9. The summed E-state index contributed by atoms with van der Waals surface area (Å²) in [7, 11) is 1.32. The molecule has 1 unspecified atom stereocenters. The van der Waals surface area contributed by atoms with Gasteiger partial charge in [0.25, 0.3) is 5.89 Å². The number of rotatable bonds is 2. The molecular weight excluding hydrogens is 224 g/mol. The van der Waals surface area contributed by atoms with Crippen LogP contribution in [0.2, 0.25) is 0 Å². The molecule has 0 radical (unpaired) electrons. The molecule has 0 aliphatic carbocycles. The summed E-state index contributed by atoms with van der Waals surface area (Å²) in [6.45, 7) is 2.24. The third-order valence-electron chi connectivity index (χ3n) is 2.79. The van der Waals surface area contributed by atoms with E-state index in [0.29, 0.717) is 18.7 Å². The number of nitrogens with zero attached hydrogens (tertiary/aromatic N) is 2. The van der Waals surface area contributed by atoms with Gasteiger partial charge in [0.2, 0.25) is 0 Å². The van der Waals surface area contributed by atoms with E-state index in [1.807, 2.05) is 0 Å². The summed E-state index contributed by atoms with van der Waals surface area (Å²) in [5, 5.41) is 0. The van der Waals surface area contributed by atoms with Gasteiger partial charge in [0, 0.05) is 6.54 Å². The van der Waals surface area contributed by atoms with E-state index in [1.165, 1.54) is 18.2 Å². The standard InChI is InChI=1S/C11H14N2O4/c1-7-6-12-9(17-7)10(14)13-5-3-4-8(13)11(15)16-2/h6,8H,3-5H2,1-2H3. The second kappa shape index (κ2) is 4.57. The summed E-state index contributed by atoms with van der Waals surface area (Å²) >= 11 is 0. The zero-order valence-electron chi connectivity index (χ0n) is 9.80. The normalized spacial score (nSPS) is 19.4. The van der Waals surface area contributed by atoms with Crippen LogP contribution in [0.1, 0.15) is 29.3 Å². The maximum atomic E-state index is 12.1. The Hall–Kier alpha value is -1.85. The summed E-state index contributed by atoms with van der Waals surface area (Å²) < 4.78 is 9.84. The first-order chi connectivity index (χ1) is 8.13. The molecule has 2 rings (SSSR count). The fourth-order valence-corrected chi connectivity index (χ4v) is 1.97. The zero-order chi connectivity index (χ0) is 12.4. The number of methoxy groups -OCH3 is 1. The number of ether oxygens (including phenoxy) is 1. The Balaban J connectivity index is 2.16. The van der Waals surface area contributed by atoms with E-state index in [4.69, 9.17) is 4.42 Å². The minimum absolute atomic E-state index is 0.0262. The lowest BCUT2D eigenvalue weighted by molar-refractivity contribution is -0.145. The number of likely N-dealkylation sites (tertiary alicyclic amines) is 1. The molecule has 0 N–H and O–H groups in total. The highest BCUT2D eigenvalue weighted by molar-refractivity contribution is 5.93. The summed E-state index contributed by atoms with van der Waals surface area (Å²) in [6.07, 6.45) is 2.89. The van der Waals surface area contributed by atoms with Gasteiger partial charge in [-0.1, -0.05) is 0 Å². The quantitative estimate of drug-likeness (QED) is 0.711. The van der Waals surface area contributed by atoms with Crippen LogP contribution in [0.15, 0.2) is 10.6 Å². The zero-order valence-corrected chi connectivity index (χ0v) is 9.80. The van der Waals surface area contributed by atoms with Gasteiger partial charge in [0.05, 0.1) is 13.3 Å². The van der Waals surface area contributed by atoms with Crippen molar-refractivity contribution in [3.05, 3.63) is 17.8 Å². The highest BCUT2D eigenvalue weighted by Gasteiger charge is 2.36. The van der Waals surface area contributed by atoms with Crippen LogP contribution in [0, 0.1) is 6.92 Å². The second-order valence-corrected chi connectivity index (χ2v) is 3.96. The number of carbonyl (C=O) groups is 2. The van der Waals surface area contributed by atoms with Gasteiger partial charge in [-0.15, -0.1) is 0 Å². The maximum absolute atomic E-state index is 12.1. The van der Waals surface area contributed by atoms with Gasteiger partial charge in [-0.2, -0.15) is 0 Å². The van der Waals surface area contributed by atoms with Crippen molar-refractivity contribution in [3.8, 4) is 0 Å². The van der Waals surface area contributed by atoms with Gasteiger partial charge >= 0.3 is 11.9 Å². The third kappa shape index (κ3) is 2.15. The first kappa shape index (κ1) is 11.6. The van der Waals surface area contributed by atoms with Crippen molar-refractivity contribution >= 4 is 11.9 Å². The van der Waals surface area contributed by atoms with Crippen molar-refractivity contribution in [1.82, 2.24) is 9.88 Å². The van der Waals surface area contributed by atoms with E-state index in [9.17, 15) is 9.59 Å². The molecule has 0 aromatic carbocycles. The Morgan fingerprint density at radius 1 is 1.59 bits per heavy atom. The van der Waals surface area contributed by atoms with Crippen molar-refractivity contribution in [1.29, 1.82) is 0 Å². The van der Waals surface area contributed by atoms with Gasteiger partial charge in [-0.05, 0) is 19.8 Å². The number of hydrogen-bond acceptors (Lipinski definition) is 5. The lowest BCUT2D eigenvalue weighted by atomic mass is 10.2. The minimum atomic E-state index is -0.514. The summed E-state index contributed by atoms with van der Waals surface area (Å²) in [5.41, 5.74) is 0. The molecule has 17 heavy (non-hydrogen) atoms. The molecule has 6 nitrogen and oxygen atoms in total. The monoisotopic (exact) mass is 238 g/mol. The van der Waals surface area contributed by atoms with Crippen molar-refractivity contribution in [2.75, 3.05) is 13.7 Å². The molecule has 1 aliphatic rings. The van der Waals surface area contributed by atoms with E-state index < -0.39 is 6.04 Å². The van der Waals surface area contributed by atoms with Crippen molar-refractivity contribution < 1.29 is 18.7 Å². The average Bonchev–Trinajstić information content (AvgIpc) is 2.95. The van der Waals surface area contributed by atoms with E-state index in [2.05, 4.69) is 9.72 Å². The molecule has 1 aliphatic heterocycles. The SMILES string of the molecule is COC(=O)C1CCCN1C(=O)c1ncc(C)o1. The third-order valence-corrected chi connectivity index (χ3v) is 2.79. The van der Waals surface area contributed by atoms with Crippen LogP contribution in [0.25, 0.3) is 0 Å². The number of esters is 1. The van der Waals surface area contributed by atoms with Crippen LogP contribution in [0.5, 0.6) is 0 Å². The Morgan fingerprint density at radius 2 is 2.35 bits per heavy atom. The van der Waals surface area contributed by atoms with Crippen LogP contribution in [0.4, 0.5) is 0 Å². The fourth-order valence-electron chi connectivity index (χ4n) is 1.97. The molecule has 1 aromatic rings. The molecular formula is C11H14N2O4. The number of amides is 1. The Kier molecular flexibility index (Phi) is 3.12. The predicted molar refractivity (Wildman–Crippen MR) is 57.3 cm³/mol. The van der Waals surface area contributed by atoms with Gasteiger partial charge in [0.15, 0.2) is 0 Å². The summed E-state index contributed by atoms with van der Waals surface area (Å²) in [5.74, 6) is -0.148. The van der Waals surface area contributed by atoms with E-state index >= 15 is 0 Å². The summed E-state index contributed by atoms with van der Waals surface area (Å²) in [6, 6.07) is -0.514. The van der Waals surface area contributed by atoms with Crippen molar-refractivity contribution in [2.24, 2.45) is 0 Å². The van der Waals surface area contributed by atoms with Crippen LogP contribution < -0.4 is 0 Å². The molecule has 1 saturated heterocycles. The first-order valence-electron chi connectivity index (χ1n) is 5.44. The van der Waals surface area contributed by atoms with Crippen molar-refractivity contribution in [2.45, 2.75) is 25.8 Å². The Morgan fingerprint density at radius 3 is 2.94 bits per heavy atom. The van der Waals surface area contributed by atoms with Crippen LogP contribution >= 0.6 is 0 Å². The minimum Gasteiger partial charge on any atom is -0.467 e. The van der Waals surface area contributed by atoms with Gasteiger partial charge in [0.1, 0.15) is 11.8 Å². The van der Waals surface area contributed by atoms with E-state index in [0.717, 1.165) is 6.42 Å². The molecule has 0 saturated carbocycles. The number of hydrogen-bond donors (Lipinski definition) is 0. The molecule has 1 atom stereocenters. The molecule has 1 aromatic heterocycles. The van der Waals surface area contributed by atoms with Gasteiger partial charge in [-0.3, -0.25) is 4.79 Å². The van der Waals surface area contributed by atoms with Gasteiger partial charge in [-0.25, -0.2) is 9.78 Å². The molecule has 1 amide bonds. The van der Waals surface area contributed by atoms with Crippen LogP contribution in [-0.4, -0.2) is 41.5 Å². The smallest absolute Gasteiger partial charge is 0.328 e. The first-order valence-corrected chi connectivity index (χ1v) is 5.44. The molecule has 1 fully saturated rings. The Bertz CT molecular complexity index is 440. The van der Waals surface area contributed by atoms with Gasteiger partial charge < -0.3 is 14.1 Å². The highest BCUT2D eigenvalue weighted by Crippen LogP contribution is 2.20.